The van der Waals surface area contributed by atoms with Gasteiger partial charge in [0.15, 0.2) is 0 Å². The number of para-hydroxylation sites is 3. The molecule has 2 amide bonds. The van der Waals surface area contributed by atoms with Crippen molar-refractivity contribution in [3.8, 4) is 11.8 Å². The molecule has 1 fully saturated rings. The van der Waals surface area contributed by atoms with E-state index in [1.807, 2.05) is 30.3 Å². The van der Waals surface area contributed by atoms with Crippen molar-refractivity contribution in [2.24, 2.45) is 0 Å². The number of hydrogen-bond donors (Lipinski definition) is 1. The first kappa shape index (κ1) is 19.2. The van der Waals surface area contributed by atoms with Crippen molar-refractivity contribution in [1.29, 1.82) is 5.26 Å². The van der Waals surface area contributed by atoms with Gasteiger partial charge in [0, 0.05) is 26.2 Å². The number of carbonyl (C=O) groups excluding carboxylic acids is 2. The van der Waals surface area contributed by atoms with Crippen LogP contribution in [0.1, 0.15) is 12.0 Å². The van der Waals surface area contributed by atoms with Crippen molar-refractivity contribution in [3.63, 3.8) is 0 Å². The summed E-state index contributed by atoms with van der Waals surface area (Å²) in [5.41, 5.74) is 1.79. The number of hydrogen-bond acceptors (Lipinski definition) is 5. The van der Waals surface area contributed by atoms with E-state index in [9.17, 15) is 9.59 Å². The average molecular weight is 378 g/mol. The van der Waals surface area contributed by atoms with Gasteiger partial charge in [-0.1, -0.05) is 24.3 Å². The molecule has 0 unspecified atom stereocenters. The normalized spacial score (nSPS) is 13.6. The van der Waals surface area contributed by atoms with Crippen molar-refractivity contribution in [1.82, 2.24) is 4.90 Å². The minimum atomic E-state index is -0.417. The van der Waals surface area contributed by atoms with Crippen LogP contribution in [0.25, 0.3) is 0 Å². The molecule has 3 rings (SSSR count). The Morgan fingerprint density at radius 1 is 1.07 bits per heavy atom. The SMILES string of the molecule is COc1ccccc1N1CCN(C(=O)CC(=O)Nc2ccccc2C#N)CC1. The second-order valence-electron chi connectivity index (χ2n) is 6.42. The lowest BCUT2D eigenvalue weighted by molar-refractivity contribution is -0.134. The minimum absolute atomic E-state index is 0.216. The molecule has 2 aromatic rings. The predicted molar refractivity (Wildman–Crippen MR) is 106 cm³/mol. The van der Waals surface area contributed by atoms with E-state index >= 15 is 0 Å². The van der Waals surface area contributed by atoms with Gasteiger partial charge in [0.25, 0.3) is 0 Å². The lowest BCUT2D eigenvalue weighted by Gasteiger charge is -2.36. The number of methoxy groups -OCH3 is 1. The summed E-state index contributed by atoms with van der Waals surface area (Å²) in [7, 11) is 1.64. The maximum absolute atomic E-state index is 12.5. The summed E-state index contributed by atoms with van der Waals surface area (Å²) in [4.78, 5) is 28.6. The van der Waals surface area contributed by atoms with Gasteiger partial charge in [-0.15, -0.1) is 0 Å². The third-order valence-corrected chi connectivity index (χ3v) is 4.69. The second kappa shape index (κ2) is 8.91. The van der Waals surface area contributed by atoms with Crippen LogP contribution in [0, 0.1) is 11.3 Å². The van der Waals surface area contributed by atoms with Crippen molar-refractivity contribution >= 4 is 23.2 Å². The minimum Gasteiger partial charge on any atom is -0.495 e. The van der Waals surface area contributed by atoms with Gasteiger partial charge in [-0.05, 0) is 24.3 Å². The highest BCUT2D eigenvalue weighted by Gasteiger charge is 2.24. The van der Waals surface area contributed by atoms with Crippen LogP contribution in [0.15, 0.2) is 48.5 Å². The van der Waals surface area contributed by atoms with Crippen molar-refractivity contribution in [2.75, 3.05) is 43.5 Å². The van der Waals surface area contributed by atoms with Crippen LogP contribution in [0.3, 0.4) is 0 Å². The Kier molecular flexibility index (Phi) is 6.12. The fraction of sp³-hybridized carbons (Fsp3) is 0.286. The van der Waals surface area contributed by atoms with Crippen LogP contribution >= 0.6 is 0 Å². The largest absolute Gasteiger partial charge is 0.495 e. The Morgan fingerprint density at radius 2 is 1.75 bits per heavy atom. The molecule has 0 bridgehead atoms. The fourth-order valence-electron chi connectivity index (χ4n) is 3.22. The summed E-state index contributed by atoms with van der Waals surface area (Å²) in [6.07, 6.45) is -0.242. The Balaban J connectivity index is 1.54. The zero-order valence-corrected chi connectivity index (χ0v) is 15.7. The fourth-order valence-corrected chi connectivity index (χ4v) is 3.22. The third kappa shape index (κ3) is 4.41. The van der Waals surface area contributed by atoms with Gasteiger partial charge in [0.1, 0.15) is 18.2 Å². The predicted octanol–water partition coefficient (Wildman–Crippen LogP) is 2.24. The molecule has 28 heavy (non-hydrogen) atoms. The molecule has 7 heteroatoms. The summed E-state index contributed by atoms with van der Waals surface area (Å²) >= 11 is 0. The molecule has 0 radical (unpaired) electrons. The van der Waals surface area contributed by atoms with Gasteiger partial charge >= 0.3 is 0 Å². The van der Waals surface area contributed by atoms with Crippen LogP contribution < -0.4 is 15.0 Å². The van der Waals surface area contributed by atoms with E-state index < -0.39 is 5.91 Å². The standard InChI is InChI=1S/C21H22N4O3/c1-28-19-9-5-4-8-18(19)24-10-12-25(13-11-24)21(27)14-20(26)23-17-7-3-2-6-16(17)15-22/h2-9H,10-14H2,1H3,(H,23,26). The zero-order valence-electron chi connectivity index (χ0n) is 15.7. The first-order valence-electron chi connectivity index (χ1n) is 9.07. The maximum Gasteiger partial charge on any atom is 0.233 e. The molecule has 0 saturated carbocycles. The number of ether oxygens (including phenoxy) is 1. The molecular weight excluding hydrogens is 356 g/mol. The van der Waals surface area contributed by atoms with Gasteiger partial charge in [0.2, 0.25) is 11.8 Å². The van der Waals surface area contributed by atoms with E-state index in [4.69, 9.17) is 10.00 Å². The summed E-state index contributed by atoms with van der Waals surface area (Å²) in [6.45, 7) is 2.42. The van der Waals surface area contributed by atoms with E-state index in [2.05, 4.69) is 10.2 Å². The Morgan fingerprint density at radius 3 is 2.46 bits per heavy atom. The number of benzene rings is 2. The molecule has 1 aliphatic heterocycles. The summed E-state index contributed by atoms with van der Waals surface area (Å²) in [6, 6.07) is 16.5. The quantitative estimate of drug-likeness (QED) is 0.807. The van der Waals surface area contributed by atoms with Gasteiger partial charge in [-0.2, -0.15) is 5.26 Å². The summed E-state index contributed by atoms with van der Waals surface area (Å²) < 4.78 is 5.40. The number of anilines is 2. The first-order chi connectivity index (χ1) is 13.6. The van der Waals surface area contributed by atoms with Crippen molar-refractivity contribution in [3.05, 3.63) is 54.1 Å². The molecule has 0 aliphatic carbocycles. The Bertz CT molecular complexity index is 899. The number of piperazine rings is 1. The highest BCUT2D eigenvalue weighted by Crippen LogP contribution is 2.28. The number of nitriles is 1. The van der Waals surface area contributed by atoms with Gasteiger partial charge < -0.3 is 19.9 Å². The molecule has 1 N–H and O–H groups in total. The van der Waals surface area contributed by atoms with Crippen LogP contribution in [0.5, 0.6) is 5.75 Å². The first-order valence-corrected chi connectivity index (χ1v) is 9.07. The number of amides is 2. The van der Waals surface area contributed by atoms with E-state index in [0.29, 0.717) is 37.4 Å². The second-order valence-corrected chi connectivity index (χ2v) is 6.42. The molecule has 1 aliphatic rings. The summed E-state index contributed by atoms with van der Waals surface area (Å²) in [5, 5.41) is 11.7. The lowest BCUT2D eigenvalue weighted by atomic mass is 10.2. The van der Waals surface area contributed by atoms with Crippen LogP contribution in [0.2, 0.25) is 0 Å². The van der Waals surface area contributed by atoms with Gasteiger partial charge in [0.05, 0.1) is 24.0 Å². The van der Waals surface area contributed by atoms with Gasteiger partial charge in [-0.25, -0.2) is 0 Å². The molecule has 0 atom stereocenters. The van der Waals surface area contributed by atoms with Gasteiger partial charge in [-0.3, -0.25) is 9.59 Å². The topological polar surface area (TPSA) is 85.7 Å². The van der Waals surface area contributed by atoms with Crippen LogP contribution in [-0.2, 0) is 9.59 Å². The van der Waals surface area contributed by atoms with Crippen molar-refractivity contribution < 1.29 is 14.3 Å². The van der Waals surface area contributed by atoms with E-state index in [0.717, 1.165) is 11.4 Å². The molecular formula is C21H22N4O3. The molecule has 0 aromatic heterocycles. The molecule has 1 heterocycles. The van der Waals surface area contributed by atoms with E-state index in [-0.39, 0.29) is 12.3 Å². The molecule has 1 saturated heterocycles. The molecule has 0 spiro atoms. The monoisotopic (exact) mass is 378 g/mol. The number of nitrogens with zero attached hydrogens (tertiary/aromatic N) is 3. The number of carbonyl (C=O) groups is 2. The molecule has 144 valence electrons. The highest BCUT2D eigenvalue weighted by atomic mass is 16.5. The Hall–Kier alpha value is -3.53. The highest BCUT2D eigenvalue weighted by molar-refractivity contribution is 6.04. The number of nitrogens with one attached hydrogen (secondary N) is 1. The maximum atomic E-state index is 12.5. The summed E-state index contributed by atoms with van der Waals surface area (Å²) in [5.74, 6) is 0.171. The Labute approximate surface area is 164 Å². The smallest absolute Gasteiger partial charge is 0.233 e. The van der Waals surface area contributed by atoms with Crippen LogP contribution in [-0.4, -0.2) is 50.0 Å². The van der Waals surface area contributed by atoms with E-state index in [1.54, 1.807) is 36.3 Å². The van der Waals surface area contributed by atoms with Crippen LogP contribution in [0.4, 0.5) is 11.4 Å². The number of rotatable bonds is 5. The molecule has 7 nitrogen and oxygen atoms in total. The lowest BCUT2D eigenvalue weighted by Crippen LogP contribution is -2.49. The van der Waals surface area contributed by atoms with E-state index in [1.165, 1.54) is 0 Å². The van der Waals surface area contributed by atoms with Crippen molar-refractivity contribution in [2.45, 2.75) is 6.42 Å². The average Bonchev–Trinajstić information content (AvgIpc) is 2.74. The third-order valence-electron chi connectivity index (χ3n) is 4.69. The zero-order chi connectivity index (χ0) is 19.9. The molecule has 2 aromatic carbocycles.